The summed E-state index contributed by atoms with van der Waals surface area (Å²) in [5.74, 6) is 1.94. The number of aliphatic imine (C=N–C) groups is 1. The summed E-state index contributed by atoms with van der Waals surface area (Å²) in [6.07, 6.45) is 2.27. The van der Waals surface area contributed by atoms with Crippen molar-refractivity contribution < 1.29 is 13.6 Å². The Hall–Kier alpha value is -3.23. The van der Waals surface area contributed by atoms with Gasteiger partial charge in [-0.1, -0.05) is 60.3 Å². The van der Waals surface area contributed by atoms with Crippen LogP contribution in [0.5, 0.6) is 0 Å². The average molecular weight is 449 g/mol. The maximum atomic E-state index is 13.1. The van der Waals surface area contributed by atoms with Crippen molar-refractivity contribution in [2.45, 2.75) is 30.7 Å². The zero-order valence-corrected chi connectivity index (χ0v) is 18.0. The summed E-state index contributed by atoms with van der Waals surface area (Å²) in [5, 5.41) is 11.2. The summed E-state index contributed by atoms with van der Waals surface area (Å²) < 4.78 is 18.9. The maximum Gasteiger partial charge on any atom is 0.276 e. The fraction of sp³-hybridized carbons (Fsp3) is 0.208. The van der Waals surface area contributed by atoms with Crippen LogP contribution in [0.15, 0.2) is 81.4 Å². The Balaban J connectivity index is 1.10. The molecule has 5 rings (SSSR count). The minimum absolute atomic E-state index is 0.271. The van der Waals surface area contributed by atoms with Crippen LogP contribution in [0, 0.1) is 5.82 Å². The predicted molar refractivity (Wildman–Crippen MR) is 123 cm³/mol. The number of nitrogens with zero attached hydrogens (tertiary/aromatic N) is 3. The van der Waals surface area contributed by atoms with Crippen LogP contribution in [-0.4, -0.2) is 21.8 Å². The lowest BCUT2D eigenvalue weighted by Gasteiger charge is -2.05. The summed E-state index contributed by atoms with van der Waals surface area (Å²) in [7, 11) is 0. The first-order valence-corrected chi connectivity index (χ1v) is 11.4. The van der Waals surface area contributed by atoms with Crippen LogP contribution in [0.25, 0.3) is 22.2 Å². The SMILES string of the molecule is Fc1ccc(C2N=C(CCCCSc3nnc(-c4cccc5ccccc45)o3)NO2)cc1. The number of thioether (sulfide) groups is 1. The van der Waals surface area contributed by atoms with Gasteiger partial charge in [0.2, 0.25) is 12.1 Å². The van der Waals surface area contributed by atoms with E-state index in [1.807, 2.05) is 24.3 Å². The van der Waals surface area contributed by atoms with E-state index in [1.54, 1.807) is 23.9 Å². The van der Waals surface area contributed by atoms with Crippen LogP contribution in [0.2, 0.25) is 0 Å². The molecular formula is C24H21FN4O2S. The van der Waals surface area contributed by atoms with Gasteiger partial charge < -0.3 is 4.42 Å². The first-order chi connectivity index (χ1) is 15.8. The number of nitrogens with one attached hydrogen (secondary N) is 1. The van der Waals surface area contributed by atoms with E-state index >= 15 is 0 Å². The molecule has 2 heterocycles. The van der Waals surface area contributed by atoms with E-state index in [1.165, 1.54) is 12.1 Å². The molecular weight excluding hydrogens is 427 g/mol. The van der Waals surface area contributed by atoms with Crippen molar-refractivity contribution in [1.29, 1.82) is 0 Å². The molecule has 1 atom stereocenters. The molecule has 32 heavy (non-hydrogen) atoms. The van der Waals surface area contributed by atoms with Gasteiger partial charge in [-0.3, -0.25) is 5.48 Å². The third-order valence-corrected chi connectivity index (χ3v) is 6.08. The van der Waals surface area contributed by atoms with E-state index in [0.29, 0.717) is 11.1 Å². The van der Waals surface area contributed by atoms with Gasteiger partial charge >= 0.3 is 0 Å². The first kappa shape index (κ1) is 20.7. The molecule has 1 aliphatic rings. The van der Waals surface area contributed by atoms with Crippen molar-refractivity contribution in [1.82, 2.24) is 15.7 Å². The van der Waals surface area contributed by atoms with Gasteiger partial charge in [-0.2, -0.15) is 0 Å². The highest BCUT2D eigenvalue weighted by atomic mass is 32.2. The van der Waals surface area contributed by atoms with Gasteiger partial charge in [0.05, 0.1) is 0 Å². The van der Waals surface area contributed by atoms with Crippen LogP contribution in [-0.2, 0) is 4.84 Å². The summed E-state index contributed by atoms with van der Waals surface area (Å²) in [6.45, 7) is 0. The smallest absolute Gasteiger partial charge is 0.276 e. The van der Waals surface area contributed by atoms with Gasteiger partial charge in [0, 0.05) is 23.3 Å². The fourth-order valence-electron chi connectivity index (χ4n) is 3.55. The third kappa shape index (κ3) is 4.66. The van der Waals surface area contributed by atoms with Crippen molar-refractivity contribution in [3.05, 3.63) is 78.1 Å². The highest BCUT2D eigenvalue weighted by molar-refractivity contribution is 7.99. The lowest BCUT2D eigenvalue weighted by Crippen LogP contribution is -2.16. The number of hydroxylamine groups is 1. The number of hydrogen-bond donors (Lipinski definition) is 1. The average Bonchev–Trinajstić information content (AvgIpc) is 3.49. The normalized spacial score (nSPS) is 15.7. The molecule has 1 aromatic heterocycles. The predicted octanol–water partition coefficient (Wildman–Crippen LogP) is 5.92. The van der Waals surface area contributed by atoms with Crippen molar-refractivity contribution in [3.63, 3.8) is 0 Å². The molecule has 6 nitrogen and oxygen atoms in total. The van der Waals surface area contributed by atoms with Crippen molar-refractivity contribution in [2.24, 2.45) is 4.99 Å². The monoisotopic (exact) mass is 448 g/mol. The molecule has 0 saturated carbocycles. The highest BCUT2D eigenvalue weighted by Gasteiger charge is 2.19. The van der Waals surface area contributed by atoms with Crippen LogP contribution >= 0.6 is 11.8 Å². The number of benzene rings is 3. The van der Waals surface area contributed by atoms with Gasteiger partial charge in [0.25, 0.3) is 5.22 Å². The quantitative estimate of drug-likeness (QED) is 0.266. The third-order valence-electron chi connectivity index (χ3n) is 5.18. The Morgan fingerprint density at radius 2 is 1.78 bits per heavy atom. The number of amidine groups is 1. The molecule has 0 aliphatic carbocycles. The zero-order chi connectivity index (χ0) is 21.8. The fourth-order valence-corrected chi connectivity index (χ4v) is 4.31. The maximum absolute atomic E-state index is 13.1. The number of halogens is 1. The van der Waals surface area contributed by atoms with Gasteiger partial charge in [0.1, 0.15) is 11.7 Å². The molecule has 1 N–H and O–H groups in total. The molecule has 162 valence electrons. The van der Waals surface area contributed by atoms with E-state index < -0.39 is 6.23 Å². The molecule has 1 unspecified atom stereocenters. The molecule has 0 spiro atoms. The second-order valence-corrected chi connectivity index (χ2v) is 8.45. The number of rotatable bonds is 8. The van der Waals surface area contributed by atoms with Crippen LogP contribution in [0.3, 0.4) is 0 Å². The summed E-state index contributed by atoms with van der Waals surface area (Å²) in [6, 6.07) is 20.4. The Morgan fingerprint density at radius 3 is 2.69 bits per heavy atom. The summed E-state index contributed by atoms with van der Waals surface area (Å²) in [5.41, 5.74) is 4.64. The molecule has 0 fully saturated rings. The van der Waals surface area contributed by atoms with Crippen LogP contribution in [0.1, 0.15) is 31.1 Å². The largest absolute Gasteiger partial charge is 0.411 e. The van der Waals surface area contributed by atoms with Gasteiger partial charge in [-0.25, -0.2) is 14.2 Å². The Morgan fingerprint density at radius 1 is 0.938 bits per heavy atom. The summed E-state index contributed by atoms with van der Waals surface area (Å²) in [4.78, 5) is 10.00. The Bertz CT molecular complexity index is 1240. The van der Waals surface area contributed by atoms with E-state index in [9.17, 15) is 4.39 Å². The molecule has 0 amide bonds. The lowest BCUT2D eigenvalue weighted by molar-refractivity contribution is 0.0369. The standard InChI is InChI=1S/C24H21FN4O2S/c25-18-13-11-17(12-14-18)22-26-21(29-31-22)10-3-4-15-32-24-28-27-23(30-24)20-9-5-7-16-6-1-2-8-19(16)20/h1-2,5-9,11-14,22H,3-4,10,15H2,(H,26,29). The number of fused-ring (bicyclic) bond motifs is 1. The van der Waals surface area contributed by atoms with Crippen LogP contribution < -0.4 is 5.48 Å². The molecule has 0 saturated heterocycles. The molecule has 1 aliphatic heterocycles. The van der Waals surface area contributed by atoms with Crippen molar-refractivity contribution in [2.75, 3.05) is 5.75 Å². The molecule has 0 bridgehead atoms. The number of unbranched alkanes of at least 4 members (excludes halogenated alkanes) is 1. The van der Waals surface area contributed by atoms with Gasteiger partial charge in [-0.15, -0.1) is 10.2 Å². The Labute approximate surface area is 188 Å². The number of hydrogen-bond acceptors (Lipinski definition) is 7. The van der Waals surface area contributed by atoms with E-state index in [4.69, 9.17) is 9.25 Å². The van der Waals surface area contributed by atoms with E-state index in [2.05, 4.69) is 38.9 Å². The highest BCUT2D eigenvalue weighted by Crippen LogP contribution is 2.30. The minimum Gasteiger partial charge on any atom is -0.411 e. The lowest BCUT2D eigenvalue weighted by atomic mass is 10.0. The van der Waals surface area contributed by atoms with Crippen LogP contribution in [0.4, 0.5) is 4.39 Å². The second kappa shape index (κ2) is 9.50. The molecule has 4 aromatic rings. The van der Waals surface area contributed by atoms with Gasteiger partial charge in [0.15, 0.2) is 0 Å². The topological polar surface area (TPSA) is 72.5 Å². The molecule has 8 heteroatoms. The van der Waals surface area contributed by atoms with Crippen molar-refractivity contribution in [3.8, 4) is 11.5 Å². The second-order valence-electron chi connectivity index (χ2n) is 7.41. The minimum atomic E-state index is -0.425. The number of aromatic nitrogens is 2. The van der Waals surface area contributed by atoms with Gasteiger partial charge in [-0.05, 0) is 41.8 Å². The zero-order valence-electron chi connectivity index (χ0n) is 17.2. The van der Waals surface area contributed by atoms with Crippen molar-refractivity contribution >= 4 is 28.4 Å². The first-order valence-electron chi connectivity index (χ1n) is 10.4. The molecule has 0 radical (unpaired) electrons. The van der Waals surface area contributed by atoms with E-state index in [-0.39, 0.29) is 5.82 Å². The molecule has 3 aromatic carbocycles. The summed E-state index contributed by atoms with van der Waals surface area (Å²) >= 11 is 1.56. The Kier molecular flexibility index (Phi) is 6.13. The van der Waals surface area contributed by atoms with E-state index in [0.717, 1.165) is 52.8 Å².